The van der Waals surface area contributed by atoms with Gasteiger partial charge in [0.05, 0.1) is 12.4 Å². The van der Waals surface area contributed by atoms with E-state index < -0.39 is 0 Å². The summed E-state index contributed by atoms with van der Waals surface area (Å²) in [6.45, 7) is 0. The standard InChI is InChI=1S/C10H14N4S4/c1-13(2)7-5-11-9(15-7)17-18-10-12-6-8(16-10)14(3)4/h5-6H,1-4H3. The maximum Gasteiger partial charge on any atom is 0.162 e. The van der Waals surface area contributed by atoms with Crippen molar-refractivity contribution in [1.82, 2.24) is 9.97 Å². The first-order chi connectivity index (χ1) is 8.56. The van der Waals surface area contributed by atoms with Gasteiger partial charge in [-0.05, 0) is 21.6 Å². The molecule has 0 unspecified atom stereocenters. The summed E-state index contributed by atoms with van der Waals surface area (Å²) in [6, 6.07) is 0. The van der Waals surface area contributed by atoms with Crippen molar-refractivity contribution in [1.29, 1.82) is 0 Å². The van der Waals surface area contributed by atoms with Crippen molar-refractivity contribution in [3.63, 3.8) is 0 Å². The molecule has 0 atom stereocenters. The molecular weight excluding hydrogens is 304 g/mol. The van der Waals surface area contributed by atoms with Crippen LogP contribution in [0.5, 0.6) is 0 Å². The van der Waals surface area contributed by atoms with Crippen molar-refractivity contribution in [2.75, 3.05) is 38.0 Å². The highest BCUT2D eigenvalue weighted by Crippen LogP contribution is 2.43. The molecular formula is C10H14N4S4. The van der Waals surface area contributed by atoms with Crippen LogP contribution in [-0.2, 0) is 0 Å². The normalized spacial score (nSPS) is 10.7. The molecule has 2 aromatic heterocycles. The van der Waals surface area contributed by atoms with Crippen LogP contribution < -0.4 is 9.80 Å². The van der Waals surface area contributed by atoms with Gasteiger partial charge in [-0.15, -0.1) is 0 Å². The lowest BCUT2D eigenvalue weighted by atomic mass is 10.7. The van der Waals surface area contributed by atoms with Crippen LogP contribution in [0.25, 0.3) is 0 Å². The zero-order chi connectivity index (χ0) is 13.1. The third kappa shape index (κ3) is 3.53. The van der Waals surface area contributed by atoms with E-state index in [1.165, 1.54) is 10.0 Å². The fourth-order valence-corrected chi connectivity index (χ4v) is 5.24. The van der Waals surface area contributed by atoms with E-state index in [9.17, 15) is 0 Å². The molecule has 18 heavy (non-hydrogen) atoms. The van der Waals surface area contributed by atoms with Gasteiger partial charge in [0.15, 0.2) is 8.68 Å². The number of hydrogen-bond acceptors (Lipinski definition) is 8. The summed E-state index contributed by atoms with van der Waals surface area (Å²) >= 11 is 3.39. The predicted octanol–water partition coefficient (Wildman–Crippen LogP) is 3.53. The molecule has 0 aliphatic rings. The molecule has 0 spiro atoms. The SMILES string of the molecule is CN(C)c1cnc(SSc2ncc(N(C)C)s2)s1. The molecule has 2 rings (SSSR count). The Balaban J connectivity index is 1.93. The van der Waals surface area contributed by atoms with Gasteiger partial charge < -0.3 is 9.80 Å². The van der Waals surface area contributed by atoms with Crippen molar-refractivity contribution in [3.8, 4) is 0 Å². The first kappa shape index (κ1) is 14.0. The van der Waals surface area contributed by atoms with E-state index in [1.807, 2.05) is 40.6 Å². The van der Waals surface area contributed by atoms with Gasteiger partial charge in [0, 0.05) is 28.2 Å². The smallest absolute Gasteiger partial charge is 0.162 e. The van der Waals surface area contributed by atoms with Crippen LogP contribution in [0, 0.1) is 0 Å². The number of aromatic nitrogens is 2. The molecule has 98 valence electrons. The van der Waals surface area contributed by atoms with Crippen LogP contribution in [-0.4, -0.2) is 38.2 Å². The van der Waals surface area contributed by atoms with E-state index in [0.717, 1.165) is 8.68 Å². The van der Waals surface area contributed by atoms with Crippen molar-refractivity contribution in [3.05, 3.63) is 12.4 Å². The Bertz CT molecular complexity index is 459. The molecule has 0 fully saturated rings. The molecule has 0 radical (unpaired) electrons. The molecule has 4 nitrogen and oxygen atoms in total. The second-order valence-electron chi connectivity index (χ2n) is 3.88. The molecule has 0 saturated carbocycles. The van der Waals surface area contributed by atoms with Crippen LogP contribution in [0.2, 0.25) is 0 Å². The van der Waals surface area contributed by atoms with E-state index in [2.05, 4.69) is 19.8 Å². The van der Waals surface area contributed by atoms with Crippen molar-refractivity contribution in [2.24, 2.45) is 0 Å². The number of thiazole rings is 2. The summed E-state index contributed by atoms with van der Waals surface area (Å²) in [5.74, 6) is 0. The van der Waals surface area contributed by atoms with Gasteiger partial charge in [0.1, 0.15) is 10.0 Å². The molecule has 0 saturated heterocycles. The molecule has 2 heterocycles. The maximum atomic E-state index is 4.38. The molecule has 0 aromatic carbocycles. The fourth-order valence-electron chi connectivity index (χ4n) is 1.06. The molecule has 0 amide bonds. The highest BCUT2D eigenvalue weighted by Gasteiger charge is 2.08. The minimum absolute atomic E-state index is 1.06. The van der Waals surface area contributed by atoms with E-state index in [-0.39, 0.29) is 0 Å². The second-order valence-corrected chi connectivity index (χ2v) is 8.53. The Morgan fingerprint density at radius 1 is 0.833 bits per heavy atom. The van der Waals surface area contributed by atoms with Crippen LogP contribution in [0.1, 0.15) is 0 Å². The second kappa shape index (κ2) is 6.14. The average Bonchev–Trinajstić information content (AvgIpc) is 2.95. The summed E-state index contributed by atoms with van der Waals surface area (Å²) in [5.41, 5.74) is 0. The molecule has 0 aliphatic carbocycles. The molecule has 0 aliphatic heterocycles. The summed E-state index contributed by atoms with van der Waals surface area (Å²) in [7, 11) is 11.4. The maximum absolute atomic E-state index is 4.38. The summed E-state index contributed by atoms with van der Waals surface area (Å²) in [4.78, 5) is 12.9. The van der Waals surface area contributed by atoms with Crippen LogP contribution in [0.15, 0.2) is 21.1 Å². The number of rotatable bonds is 5. The zero-order valence-corrected chi connectivity index (χ0v) is 13.8. The molecule has 0 N–H and O–H groups in total. The van der Waals surface area contributed by atoms with Gasteiger partial charge in [-0.3, -0.25) is 0 Å². The largest absolute Gasteiger partial charge is 0.368 e. The lowest BCUT2D eigenvalue weighted by Gasteiger charge is -2.06. The van der Waals surface area contributed by atoms with Gasteiger partial charge in [-0.25, -0.2) is 9.97 Å². The van der Waals surface area contributed by atoms with Gasteiger partial charge in [0.25, 0.3) is 0 Å². The van der Waals surface area contributed by atoms with E-state index in [0.29, 0.717) is 0 Å². The van der Waals surface area contributed by atoms with E-state index in [4.69, 9.17) is 0 Å². The third-order valence-electron chi connectivity index (χ3n) is 2.01. The monoisotopic (exact) mass is 318 g/mol. The number of hydrogen-bond donors (Lipinski definition) is 0. The third-order valence-corrected chi connectivity index (χ3v) is 7.34. The fraction of sp³-hybridized carbons (Fsp3) is 0.400. The zero-order valence-electron chi connectivity index (χ0n) is 10.6. The Morgan fingerprint density at radius 3 is 1.50 bits per heavy atom. The van der Waals surface area contributed by atoms with E-state index in [1.54, 1.807) is 44.3 Å². The lowest BCUT2D eigenvalue weighted by Crippen LogP contribution is -2.05. The molecule has 2 aromatic rings. The predicted molar refractivity (Wildman–Crippen MR) is 84.6 cm³/mol. The Hall–Kier alpha value is -0.440. The average molecular weight is 319 g/mol. The highest BCUT2D eigenvalue weighted by molar-refractivity contribution is 8.77. The quantitative estimate of drug-likeness (QED) is 0.784. The topological polar surface area (TPSA) is 32.3 Å². The number of anilines is 2. The molecule has 8 heteroatoms. The van der Waals surface area contributed by atoms with Crippen LogP contribution in [0.3, 0.4) is 0 Å². The van der Waals surface area contributed by atoms with Crippen molar-refractivity contribution < 1.29 is 0 Å². The van der Waals surface area contributed by atoms with Gasteiger partial charge >= 0.3 is 0 Å². The Kier molecular flexibility index (Phi) is 4.77. The van der Waals surface area contributed by atoms with Gasteiger partial charge in [-0.2, -0.15) is 0 Å². The summed E-state index contributed by atoms with van der Waals surface area (Å²) in [6.07, 6.45) is 3.81. The Labute approximate surface area is 123 Å². The van der Waals surface area contributed by atoms with Crippen LogP contribution in [0.4, 0.5) is 10.0 Å². The lowest BCUT2D eigenvalue weighted by molar-refractivity contribution is 1.14. The molecule has 0 bridgehead atoms. The minimum atomic E-state index is 1.06. The van der Waals surface area contributed by atoms with Gasteiger partial charge in [0.2, 0.25) is 0 Å². The van der Waals surface area contributed by atoms with Gasteiger partial charge in [-0.1, -0.05) is 22.7 Å². The summed E-state index contributed by atoms with van der Waals surface area (Å²) in [5, 5.41) is 2.34. The minimum Gasteiger partial charge on any atom is -0.368 e. The highest BCUT2D eigenvalue weighted by atomic mass is 33.1. The number of nitrogens with zero attached hydrogens (tertiary/aromatic N) is 4. The van der Waals surface area contributed by atoms with Crippen LogP contribution >= 0.6 is 44.3 Å². The van der Waals surface area contributed by atoms with E-state index >= 15 is 0 Å². The first-order valence-corrected chi connectivity index (χ1v) is 8.95. The first-order valence-electron chi connectivity index (χ1n) is 5.17. The van der Waals surface area contributed by atoms with Crippen molar-refractivity contribution >= 4 is 54.3 Å². The Morgan fingerprint density at radius 2 is 1.22 bits per heavy atom. The van der Waals surface area contributed by atoms with Crippen molar-refractivity contribution in [2.45, 2.75) is 8.68 Å². The summed E-state index contributed by atoms with van der Waals surface area (Å²) < 4.78 is 2.12.